The van der Waals surface area contributed by atoms with E-state index in [4.69, 9.17) is 0 Å². The van der Waals surface area contributed by atoms with Crippen LogP contribution >= 0.6 is 0 Å². The Bertz CT molecular complexity index is 651. The number of aromatic nitrogens is 1. The summed E-state index contributed by atoms with van der Waals surface area (Å²) in [5, 5.41) is 2.64. The van der Waals surface area contributed by atoms with Gasteiger partial charge in [-0.1, -0.05) is 13.8 Å². The van der Waals surface area contributed by atoms with Crippen molar-refractivity contribution >= 4 is 21.3 Å². The predicted octanol–water partition coefficient (Wildman–Crippen LogP) is 1.80. The Morgan fingerprint density at radius 3 is 2.32 bits per heavy atom. The maximum atomic E-state index is 14.4. The van der Waals surface area contributed by atoms with Gasteiger partial charge >= 0.3 is 0 Å². The van der Waals surface area contributed by atoms with E-state index in [9.17, 15) is 21.6 Å². The van der Waals surface area contributed by atoms with Gasteiger partial charge in [0.2, 0.25) is 5.82 Å². The van der Waals surface area contributed by atoms with Gasteiger partial charge < -0.3 is 10.2 Å². The highest BCUT2D eigenvalue weighted by Gasteiger charge is 2.29. The number of nitrogens with zero attached hydrogens (tertiary/aromatic N) is 2. The summed E-state index contributed by atoms with van der Waals surface area (Å²) in [5.41, 5.74) is -0.561. The summed E-state index contributed by atoms with van der Waals surface area (Å²) in [6, 6.07) is 0. The molecule has 2 rings (SSSR count). The fourth-order valence-electron chi connectivity index (χ4n) is 2.13. The summed E-state index contributed by atoms with van der Waals surface area (Å²) in [6.07, 6.45) is 0. The van der Waals surface area contributed by atoms with Crippen LogP contribution in [0.15, 0.2) is 0 Å². The van der Waals surface area contributed by atoms with Gasteiger partial charge in [-0.05, 0) is 5.92 Å². The summed E-state index contributed by atoms with van der Waals surface area (Å²) in [4.78, 5) is 4.46. The lowest BCUT2D eigenvalue weighted by atomic mass is 10.2. The monoisotopic (exact) mass is 337 g/mol. The quantitative estimate of drug-likeness (QED) is 0.849. The van der Waals surface area contributed by atoms with Gasteiger partial charge in [0.05, 0.1) is 11.5 Å². The number of halogens is 3. The summed E-state index contributed by atoms with van der Waals surface area (Å²) >= 11 is 0. The number of nitrogens with one attached hydrogen (secondary N) is 1. The van der Waals surface area contributed by atoms with Gasteiger partial charge in [-0.15, -0.1) is 0 Å². The van der Waals surface area contributed by atoms with Crippen LogP contribution in [0.4, 0.5) is 24.7 Å². The third kappa shape index (κ3) is 3.63. The number of hydrogen-bond donors (Lipinski definition) is 1. The Labute approximate surface area is 127 Å². The topological polar surface area (TPSA) is 62.3 Å². The molecule has 0 saturated carbocycles. The summed E-state index contributed by atoms with van der Waals surface area (Å²) < 4.78 is 64.7. The van der Waals surface area contributed by atoms with Gasteiger partial charge in [0.1, 0.15) is 5.69 Å². The SMILES string of the molecule is CC(C)CNc1nc(F)c(F)c(N2CCS(=O)(=O)CC2)c1F. The van der Waals surface area contributed by atoms with Crippen molar-refractivity contribution in [2.45, 2.75) is 13.8 Å². The number of rotatable bonds is 4. The van der Waals surface area contributed by atoms with E-state index in [1.54, 1.807) is 0 Å². The van der Waals surface area contributed by atoms with E-state index in [-0.39, 0.29) is 36.3 Å². The molecule has 2 heterocycles. The summed E-state index contributed by atoms with van der Waals surface area (Å²) in [6.45, 7) is 3.94. The van der Waals surface area contributed by atoms with E-state index >= 15 is 0 Å². The third-order valence-corrected chi connectivity index (χ3v) is 4.96. The van der Waals surface area contributed by atoms with Gasteiger partial charge in [-0.3, -0.25) is 0 Å². The molecule has 124 valence electrons. The van der Waals surface area contributed by atoms with Crippen LogP contribution in [0.2, 0.25) is 0 Å². The predicted molar refractivity (Wildman–Crippen MR) is 78.3 cm³/mol. The molecule has 1 aromatic heterocycles. The molecule has 9 heteroatoms. The lowest BCUT2D eigenvalue weighted by Gasteiger charge is -2.29. The van der Waals surface area contributed by atoms with Crippen LogP contribution in [0.5, 0.6) is 0 Å². The smallest absolute Gasteiger partial charge is 0.253 e. The largest absolute Gasteiger partial charge is 0.367 e. The molecule has 1 fully saturated rings. The van der Waals surface area contributed by atoms with Gasteiger partial charge in [0.25, 0.3) is 5.95 Å². The van der Waals surface area contributed by atoms with Crippen LogP contribution in [0.25, 0.3) is 0 Å². The third-order valence-electron chi connectivity index (χ3n) is 3.35. The van der Waals surface area contributed by atoms with Crippen molar-refractivity contribution in [1.82, 2.24) is 4.98 Å². The van der Waals surface area contributed by atoms with Crippen LogP contribution in [0.3, 0.4) is 0 Å². The number of sulfone groups is 1. The second-order valence-corrected chi connectivity index (χ2v) is 7.95. The minimum Gasteiger partial charge on any atom is -0.367 e. The highest BCUT2D eigenvalue weighted by atomic mass is 32.2. The van der Waals surface area contributed by atoms with E-state index in [0.717, 1.165) is 0 Å². The van der Waals surface area contributed by atoms with Crippen LogP contribution < -0.4 is 10.2 Å². The van der Waals surface area contributed by atoms with Gasteiger partial charge in [-0.2, -0.15) is 13.8 Å². The number of pyridine rings is 1. The molecule has 0 aliphatic carbocycles. The molecule has 1 N–H and O–H groups in total. The zero-order valence-corrected chi connectivity index (χ0v) is 13.2. The van der Waals surface area contributed by atoms with Crippen molar-refractivity contribution in [2.75, 3.05) is 41.4 Å². The van der Waals surface area contributed by atoms with Crippen LogP contribution in [0, 0.1) is 23.5 Å². The van der Waals surface area contributed by atoms with E-state index in [2.05, 4.69) is 10.3 Å². The molecule has 1 aromatic rings. The number of anilines is 2. The highest BCUT2D eigenvalue weighted by Crippen LogP contribution is 2.30. The minimum absolute atomic E-state index is 0.0801. The molecular formula is C13H18F3N3O2S. The second-order valence-electron chi connectivity index (χ2n) is 5.64. The van der Waals surface area contributed by atoms with Gasteiger partial charge in [0, 0.05) is 19.6 Å². The van der Waals surface area contributed by atoms with Crippen molar-refractivity contribution in [1.29, 1.82) is 0 Å². The molecule has 22 heavy (non-hydrogen) atoms. The fraction of sp³-hybridized carbons (Fsp3) is 0.615. The van der Waals surface area contributed by atoms with E-state index < -0.39 is 33.1 Å². The molecular weight excluding hydrogens is 319 g/mol. The van der Waals surface area contributed by atoms with Crippen LogP contribution in [-0.4, -0.2) is 44.5 Å². The van der Waals surface area contributed by atoms with Gasteiger partial charge in [-0.25, -0.2) is 12.8 Å². The first-order valence-corrected chi connectivity index (χ1v) is 8.77. The Morgan fingerprint density at radius 1 is 1.18 bits per heavy atom. The molecule has 0 atom stereocenters. The lowest BCUT2D eigenvalue weighted by molar-refractivity contribution is 0.463. The van der Waals surface area contributed by atoms with Crippen molar-refractivity contribution in [2.24, 2.45) is 5.92 Å². The second kappa shape index (κ2) is 6.31. The Kier molecular flexibility index (Phi) is 4.84. The zero-order chi connectivity index (χ0) is 16.5. The average Bonchev–Trinajstić information content (AvgIpc) is 2.43. The molecule has 5 nitrogen and oxygen atoms in total. The van der Waals surface area contributed by atoms with Crippen molar-refractivity contribution < 1.29 is 21.6 Å². The lowest BCUT2D eigenvalue weighted by Crippen LogP contribution is -2.41. The molecule has 0 radical (unpaired) electrons. The first-order chi connectivity index (χ1) is 10.2. The average molecular weight is 337 g/mol. The first kappa shape index (κ1) is 16.9. The van der Waals surface area contributed by atoms with Crippen LogP contribution in [0.1, 0.15) is 13.8 Å². The normalized spacial score (nSPS) is 17.8. The molecule has 0 aromatic carbocycles. The van der Waals surface area contributed by atoms with E-state index in [0.29, 0.717) is 6.54 Å². The highest BCUT2D eigenvalue weighted by molar-refractivity contribution is 7.91. The maximum Gasteiger partial charge on any atom is 0.253 e. The summed E-state index contributed by atoms with van der Waals surface area (Å²) in [7, 11) is -3.20. The Morgan fingerprint density at radius 2 is 1.77 bits per heavy atom. The zero-order valence-electron chi connectivity index (χ0n) is 12.4. The van der Waals surface area contributed by atoms with Crippen molar-refractivity contribution in [3.05, 3.63) is 17.6 Å². The fourth-order valence-corrected chi connectivity index (χ4v) is 3.34. The Hall–Kier alpha value is -1.51. The number of hydrogen-bond acceptors (Lipinski definition) is 5. The van der Waals surface area contributed by atoms with Crippen molar-refractivity contribution in [3.63, 3.8) is 0 Å². The molecule has 0 amide bonds. The maximum absolute atomic E-state index is 14.4. The molecule has 0 unspecified atom stereocenters. The molecule has 0 spiro atoms. The minimum atomic E-state index is -3.20. The molecule has 1 saturated heterocycles. The summed E-state index contributed by atoms with van der Waals surface area (Å²) in [5.74, 6) is -4.44. The van der Waals surface area contributed by atoms with Crippen molar-refractivity contribution in [3.8, 4) is 0 Å². The standard InChI is InChI=1S/C13H18F3N3O2S/c1-8(2)7-17-13-10(15)11(9(14)12(16)18-13)19-3-5-22(20,21)6-4-19/h8H,3-7H2,1-2H3,(H,17,18). The molecule has 1 aliphatic rings. The van der Waals surface area contributed by atoms with Crippen LogP contribution in [-0.2, 0) is 9.84 Å². The van der Waals surface area contributed by atoms with E-state index in [1.807, 2.05) is 13.8 Å². The molecule has 1 aliphatic heterocycles. The molecule has 0 bridgehead atoms. The Balaban J connectivity index is 2.34. The first-order valence-electron chi connectivity index (χ1n) is 6.95. The van der Waals surface area contributed by atoms with E-state index in [1.165, 1.54) is 4.90 Å². The van der Waals surface area contributed by atoms with Gasteiger partial charge in [0.15, 0.2) is 21.5 Å².